The number of rotatable bonds is 5. The van der Waals surface area contributed by atoms with Crippen molar-refractivity contribution in [1.82, 2.24) is 9.88 Å². The molecule has 0 saturated carbocycles. The highest BCUT2D eigenvalue weighted by atomic mass is 19.1. The summed E-state index contributed by atoms with van der Waals surface area (Å²) in [4.78, 5) is 19.2. The lowest BCUT2D eigenvalue weighted by Crippen LogP contribution is -2.43. The van der Waals surface area contributed by atoms with Crippen molar-refractivity contribution in [3.8, 4) is 11.1 Å². The van der Waals surface area contributed by atoms with Crippen molar-refractivity contribution in [3.05, 3.63) is 90.0 Å². The third-order valence-electron chi connectivity index (χ3n) is 5.15. The van der Waals surface area contributed by atoms with E-state index in [9.17, 15) is 9.18 Å². The Kier molecular flexibility index (Phi) is 5.96. The molecule has 1 unspecified atom stereocenters. The number of pyridine rings is 1. The fraction of sp³-hybridized carbons (Fsp3) is 0.250. The van der Waals surface area contributed by atoms with E-state index in [1.807, 2.05) is 29.2 Å². The van der Waals surface area contributed by atoms with E-state index in [-0.39, 0.29) is 17.8 Å². The monoisotopic (exact) mass is 390 g/mol. The lowest BCUT2D eigenvalue weighted by Gasteiger charge is -2.32. The third-order valence-corrected chi connectivity index (χ3v) is 5.15. The number of carbonyl (C=O) groups is 1. The number of hydrogen-bond acceptors (Lipinski definition) is 3. The first-order valence-electron chi connectivity index (χ1n) is 9.86. The number of hydrogen-bond donors (Lipinski definition) is 0. The second-order valence-electron chi connectivity index (χ2n) is 7.21. The van der Waals surface area contributed by atoms with Crippen LogP contribution in [0.4, 0.5) is 4.39 Å². The highest BCUT2D eigenvalue weighted by Gasteiger charge is 2.25. The molecule has 0 radical (unpaired) electrons. The lowest BCUT2D eigenvalue weighted by atomic mass is 10.0. The Morgan fingerprint density at radius 3 is 2.79 bits per heavy atom. The molecule has 4 nitrogen and oxygen atoms in total. The summed E-state index contributed by atoms with van der Waals surface area (Å²) in [5.74, 6) is -0.340. The molecule has 4 rings (SSSR count). The summed E-state index contributed by atoms with van der Waals surface area (Å²) in [6.07, 6.45) is 3.56. The van der Waals surface area contributed by atoms with Gasteiger partial charge >= 0.3 is 0 Å². The minimum absolute atomic E-state index is 0.00976. The molecule has 1 aromatic heterocycles. The first-order chi connectivity index (χ1) is 14.2. The molecule has 1 amide bonds. The van der Waals surface area contributed by atoms with Crippen molar-refractivity contribution >= 4 is 5.91 Å². The normalized spacial score (nSPS) is 16.6. The molecule has 5 heteroatoms. The summed E-state index contributed by atoms with van der Waals surface area (Å²) in [7, 11) is 0. The topological polar surface area (TPSA) is 42.4 Å². The van der Waals surface area contributed by atoms with E-state index in [4.69, 9.17) is 4.74 Å². The van der Waals surface area contributed by atoms with E-state index in [1.165, 1.54) is 6.07 Å². The van der Waals surface area contributed by atoms with Gasteiger partial charge in [0.25, 0.3) is 5.91 Å². The van der Waals surface area contributed by atoms with Crippen LogP contribution in [0.25, 0.3) is 11.1 Å². The maximum Gasteiger partial charge on any atom is 0.253 e. The molecule has 148 valence electrons. The van der Waals surface area contributed by atoms with Crippen molar-refractivity contribution in [2.45, 2.75) is 25.6 Å². The molecule has 1 aliphatic heterocycles. The highest BCUT2D eigenvalue weighted by molar-refractivity contribution is 5.95. The molecule has 0 spiro atoms. The molecular formula is C24H23FN2O2. The van der Waals surface area contributed by atoms with E-state index in [2.05, 4.69) is 4.98 Å². The van der Waals surface area contributed by atoms with Crippen LogP contribution in [-0.2, 0) is 11.3 Å². The Morgan fingerprint density at radius 2 is 1.97 bits per heavy atom. The first-order valence-corrected chi connectivity index (χ1v) is 9.86. The molecule has 0 aliphatic carbocycles. The maximum atomic E-state index is 14.1. The van der Waals surface area contributed by atoms with Crippen LogP contribution in [0.2, 0.25) is 0 Å². The van der Waals surface area contributed by atoms with Gasteiger partial charge in [0, 0.05) is 30.4 Å². The number of halogens is 1. The average molecular weight is 390 g/mol. The second-order valence-corrected chi connectivity index (χ2v) is 7.21. The van der Waals surface area contributed by atoms with E-state index < -0.39 is 0 Å². The SMILES string of the molecule is O=C(c1cccc(-c2ccccc2F)c1)N1CCCC(OCc2ccccn2)C1. The van der Waals surface area contributed by atoms with Gasteiger partial charge in [0.1, 0.15) is 5.82 Å². The Bertz CT molecular complexity index is 977. The number of benzene rings is 2. The van der Waals surface area contributed by atoms with Crippen molar-refractivity contribution in [2.75, 3.05) is 13.1 Å². The predicted molar refractivity (Wildman–Crippen MR) is 110 cm³/mol. The van der Waals surface area contributed by atoms with Crippen molar-refractivity contribution in [1.29, 1.82) is 0 Å². The molecule has 3 aromatic rings. The Morgan fingerprint density at radius 1 is 1.10 bits per heavy atom. The highest BCUT2D eigenvalue weighted by Crippen LogP contribution is 2.25. The molecule has 29 heavy (non-hydrogen) atoms. The molecule has 1 fully saturated rings. The van der Waals surface area contributed by atoms with Crippen LogP contribution in [-0.4, -0.2) is 35.0 Å². The molecule has 2 heterocycles. The van der Waals surface area contributed by atoms with Gasteiger partial charge in [-0.15, -0.1) is 0 Å². The van der Waals surface area contributed by atoms with E-state index in [0.717, 1.165) is 18.5 Å². The Balaban J connectivity index is 1.44. The standard InChI is InChI=1S/C24H23FN2O2/c25-23-12-2-1-11-22(23)18-7-5-8-19(15-18)24(28)27-14-6-10-21(16-27)29-17-20-9-3-4-13-26-20/h1-5,7-9,11-13,15,21H,6,10,14,16-17H2. The van der Waals surface area contributed by atoms with Gasteiger partial charge in [-0.05, 0) is 48.7 Å². The minimum Gasteiger partial charge on any atom is -0.370 e. The fourth-order valence-corrected chi connectivity index (χ4v) is 3.64. The summed E-state index contributed by atoms with van der Waals surface area (Å²) < 4.78 is 20.1. The predicted octanol–water partition coefficient (Wildman–Crippen LogP) is 4.71. The number of aromatic nitrogens is 1. The smallest absolute Gasteiger partial charge is 0.253 e. The number of piperidine rings is 1. The number of likely N-dealkylation sites (tertiary alicyclic amines) is 1. The van der Waals surface area contributed by atoms with E-state index in [1.54, 1.807) is 42.6 Å². The van der Waals surface area contributed by atoms with Gasteiger partial charge in [0.05, 0.1) is 18.4 Å². The molecule has 1 atom stereocenters. The van der Waals surface area contributed by atoms with Gasteiger partial charge in [-0.25, -0.2) is 4.39 Å². The molecule has 1 aliphatic rings. The molecule has 0 bridgehead atoms. The van der Waals surface area contributed by atoms with Crippen LogP contribution in [0.5, 0.6) is 0 Å². The van der Waals surface area contributed by atoms with E-state index in [0.29, 0.717) is 36.4 Å². The molecular weight excluding hydrogens is 367 g/mol. The average Bonchev–Trinajstić information content (AvgIpc) is 2.78. The van der Waals surface area contributed by atoms with Gasteiger partial charge in [0.15, 0.2) is 0 Å². The van der Waals surface area contributed by atoms with Crippen LogP contribution in [0.15, 0.2) is 72.9 Å². The summed E-state index contributed by atoms with van der Waals surface area (Å²) in [6.45, 7) is 1.69. The van der Waals surface area contributed by atoms with Crippen LogP contribution in [0, 0.1) is 5.82 Å². The quantitative estimate of drug-likeness (QED) is 0.634. The van der Waals surface area contributed by atoms with Crippen LogP contribution >= 0.6 is 0 Å². The summed E-state index contributed by atoms with van der Waals surface area (Å²) in [6, 6.07) is 19.5. The van der Waals surface area contributed by atoms with Gasteiger partial charge < -0.3 is 9.64 Å². The zero-order valence-electron chi connectivity index (χ0n) is 16.1. The third kappa shape index (κ3) is 4.69. The van der Waals surface area contributed by atoms with E-state index >= 15 is 0 Å². The van der Waals surface area contributed by atoms with Crippen molar-refractivity contribution in [3.63, 3.8) is 0 Å². The first kappa shape index (κ1) is 19.3. The summed E-state index contributed by atoms with van der Waals surface area (Å²) >= 11 is 0. The second kappa shape index (κ2) is 8.97. The van der Waals surface area contributed by atoms with Gasteiger partial charge in [0.2, 0.25) is 0 Å². The summed E-state index contributed by atoms with van der Waals surface area (Å²) in [5.41, 5.74) is 2.65. The van der Waals surface area contributed by atoms with Crippen LogP contribution < -0.4 is 0 Å². The van der Waals surface area contributed by atoms with Crippen LogP contribution in [0.3, 0.4) is 0 Å². The Hall–Kier alpha value is -3.05. The largest absolute Gasteiger partial charge is 0.370 e. The van der Waals surface area contributed by atoms with Crippen LogP contribution in [0.1, 0.15) is 28.9 Å². The minimum atomic E-state index is -0.293. The van der Waals surface area contributed by atoms with Gasteiger partial charge in [-0.1, -0.05) is 36.4 Å². The molecule has 1 saturated heterocycles. The summed E-state index contributed by atoms with van der Waals surface area (Å²) in [5, 5.41) is 0. The zero-order chi connectivity index (χ0) is 20.1. The van der Waals surface area contributed by atoms with Crippen molar-refractivity contribution < 1.29 is 13.9 Å². The number of carbonyl (C=O) groups excluding carboxylic acids is 1. The molecule has 2 aromatic carbocycles. The number of amides is 1. The maximum absolute atomic E-state index is 14.1. The van der Waals surface area contributed by atoms with Gasteiger partial charge in [-0.3, -0.25) is 9.78 Å². The number of nitrogens with zero attached hydrogens (tertiary/aromatic N) is 2. The lowest BCUT2D eigenvalue weighted by molar-refractivity contribution is -0.00785. The zero-order valence-corrected chi connectivity index (χ0v) is 16.1. The Labute approximate surface area is 170 Å². The van der Waals surface area contributed by atoms with Crippen molar-refractivity contribution in [2.24, 2.45) is 0 Å². The number of ether oxygens (including phenoxy) is 1. The fourth-order valence-electron chi connectivity index (χ4n) is 3.64. The molecule has 0 N–H and O–H groups in total. The van der Waals surface area contributed by atoms with Gasteiger partial charge in [-0.2, -0.15) is 0 Å².